The number of rotatable bonds is 2. The molecule has 1 atom stereocenters. The minimum Gasteiger partial charge on any atom is -0.468 e. The number of halogens is 2. The molecule has 1 rings (SSSR count). The molecule has 0 spiro atoms. The average molecular weight is 203 g/mol. The third-order valence-electron chi connectivity index (χ3n) is 1.59. The van der Waals surface area contributed by atoms with Crippen molar-refractivity contribution in [1.82, 2.24) is 0 Å². The summed E-state index contributed by atoms with van der Waals surface area (Å²) in [5.74, 6) is -1.17. The molecule has 70 valence electrons. The standard InChI is InChI=1S/C9H8ClFO2/c1-13-9(12)8(10)6-4-2-3-5-7(6)11/h2-5,8H,1H3/t8-/m0/s1. The predicted octanol–water partition coefficient (Wildman–Crippen LogP) is 2.28. The maximum atomic E-state index is 13.0. The summed E-state index contributed by atoms with van der Waals surface area (Å²) in [5, 5.41) is -1.08. The zero-order valence-corrected chi connectivity index (χ0v) is 7.72. The third kappa shape index (κ3) is 2.18. The van der Waals surface area contributed by atoms with Gasteiger partial charge in [-0.15, -0.1) is 11.6 Å². The molecule has 0 aliphatic heterocycles. The summed E-state index contributed by atoms with van der Waals surface area (Å²) in [6.07, 6.45) is 0. The molecule has 2 nitrogen and oxygen atoms in total. The Hall–Kier alpha value is -1.09. The van der Waals surface area contributed by atoms with E-state index in [4.69, 9.17) is 11.6 Å². The Bertz CT molecular complexity index is 314. The average Bonchev–Trinajstić information content (AvgIpc) is 2.16. The maximum absolute atomic E-state index is 13.0. The quantitative estimate of drug-likeness (QED) is 0.543. The van der Waals surface area contributed by atoms with Crippen LogP contribution in [0.4, 0.5) is 4.39 Å². The summed E-state index contributed by atoms with van der Waals surface area (Å²) in [4.78, 5) is 10.9. The summed E-state index contributed by atoms with van der Waals surface area (Å²) in [5.41, 5.74) is 0.135. The fourth-order valence-electron chi connectivity index (χ4n) is 0.911. The Balaban J connectivity index is 2.95. The molecule has 0 radical (unpaired) electrons. The van der Waals surface area contributed by atoms with Gasteiger partial charge in [0.2, 0.25) is 0 Å². The normalized spacial score (nSPS) is 12.2. The molecule has 0 bridgehead atoms. The van der Waals surface area contributed by atoms with Crippen molar-refractivity contribution in [2.45, 2.75) is 5.38 Å². The maximum Gasteiger partial charge on any atom is 0.328 e. The van der Waals surface area contributed by atoms with Gasteiger partial charge in [0.25, 0.3) is 0 Å². The molecule has 1 aromatic rings. The zero-order chi connectivity index (χ0) is 9.84. The van der Waals surface area contributed by atoms with Crippen LogP contribution in [0.5, 0.6) is 0 Å². The number of alkyl halides is 1. The van der Waals surface area contributed by atoms with Gasteiger partial charge >= 0.3 is 5.97 Å². The van der Waals surface area contributed by atoms with Crippen molar-refractivity contribution in [1.29, 1.82) is 0 Å². The molecule has 0 unspecified atom stereocenters. The second-order valence-corrected chi connectivity index (χ2v) is 2.84. The monoisotopic (exact) mass is 202 g/mol. The molecule has 0 saturated heterocycles. The van der Waals surface area contributed by atoms with Crippen molar-refractivity contribution >= 4 is 17.6 Å². The Morgan fingerprint density at radius 1 is 1.54 bits per heavy atom. The fourth-order valence-corrected chi connectivity index (χ4v) is 1.18. The number of methoxy groups -OCH3 is 1. The lowest BCUT2D eigenvalue weighted by atomic mass is 10.1. The van der Waals surface area contributed by atoms with Gasteiger partial charge in [-0.25, -0.2) is 4.39 Å². The molecule has 13 heavy (non-hydrogen) atoms. The molecule has 0 aromatic heterocycles. The van der Waals surface area contributed by atoms with E-state index < -0.39 is 17.2 Å². The molecule has 0 saturated carbocycles. The van der Waals surface area contributed by atoms with Crippen LogP contribution >= 0.6 is 11.6 Å². The number of esters is 1. The molecule has 1 aromatic carbocycles. The van der Waals surface area contributed by atoms with Gasteiger partial charge in [0.05, 0.1) is 7.11 Å². The first-order valence-electron chi connectivity index (χ1n) is 3.63. The van der Waals surface area contributed by atoms with Crippen LogP contribution in [-0.2, 0) is 9.53 Å². The van der Waals surface area contributed by atoms with E-state index in [0.717, 1.165) is 0 Å². The Morgan fingerprint density at radius 3 is 2.69 bits per heavy atom. The van der Waals surface area contributed by atoms with Gasteiger partial charge in [0, 0.05) is 5.56 Å². The van der Waals surface area contributed by atoms with Gasteiger partial charge in [-0.05, 0) is 6.07 Å². The number of carbonyl (C=O) groups is 1. The van der Waals surface area contributed by atoms with Crippen molar-refractivity contribution in [2.75, 3.05) is 7.11 Å². The van der Waals surface area contributed by atoms with Crippen LogP contribution in [0, 0.1) is 5.82 Å². The Kier molecular flexibility index (Phi) is 3.25. The van der Waals surface area contributed by atoms with Gasteiger partial charge in [-0.2, -0.15) is 0 Å². The van der Waals surface area contributed by atoms with Crippen LogP contribution in [0.3, 0.4) is 0 Å². The number of benzene rings is 1. The first-order chi connectivity index (χ1) is 6.16. The second kappa shape index (κ2) is 4.23. The van der Waals surface area contributed by atoms with Gasteiger partial charge in [0.15, 0.2) is 5.38 Å². The highest BCUT2D eigenvalue weighted by molar-refractivity contribution is 6.29. The second-order valence-electron chi connectivity index (χ2n) is 2.41. The predicted molar refractivity (Wildman–Crippen MR) is 47.0 cm³/mol. The van der Waals surface area contributed by atoms with Crippen LogP contribution < -0.4 is 0 Å². The largest absolute Gasteiger partial charge is 0.468 e. The van der Waals surface area contributed by atoms with Gasteiger partial charge in [-0.1, -0.05) is 18.2 Å². The van der Waals surface area contributed by atoms with Crippen molar-refractivity contribution in [3.05, 3.63) is 35.6 Å². The van der Waals surface area contributed by atoms with Crippen molar-refractivity contribution in [3.8, 4) is 0 Å². The summed E-state index contributed by atoms with van der Waals surface area (Å²) >= 11 is 5.65. The number of hydrogen-bond donors (Lipinski definition) is 0. The van der Waals surface area contributed by atoms with Gasteiger partial charge in [0.1, 0.15) is 5.82 Å². The minimum absolute atomic E-state index is 0.135. The van der Waals surface area contributed by atoms with Crippen molar-refractivity contribution in [2.24, 2.45) is 0 Å². The van der Waals surface area contributed by atoms with Crippen LogP contribution in [-0.4, -0.2) is 13.1 Å². The molecule has 0 fully saturated rings. The first kappa shape index (κ1) is 9.99. The number of hydrogen-bond acceptors (Lipinski definition) is 2. The van der Waals surface area contributed by atoms with E-state index in [1.54, 1.807) is 6.07 Å². The lowest BCUT2D eigenvalue weighted by Crippen LogP contribution is -2.09. The van der Waals surface area contributed by atoms with Crippen LogP contribution in [0.1, 0.15) is 10.9 Å². The molecular formula is C9H8ClFO2. The summed E-state index contributed by atoms with van der Waals surface area (Å²) in [7, 11) is 1.21. The molecule has 4 heteroatoms. The smallest absolute Gasteiger partial charge is 0.328 e. The Morgan fingerprint density at radius 2 is 2.15 bits per heavy atom. The Labute approximate surface area is 80.3 Å². The highest BCUT2D eigenvalue weighted by Crippen LogP contribution is 2.23. The van der Waals surface area contributed by atoms with E-state index in [1.807, 2.05) is 0 Å². The summed E-state index contributed by atoms with van der Waals surface area (Å²) in [6.45, 7) is 0. The summed E-state index contributed by atoms with van der Waals surface area (Å²) < 4.78 is 17.4. The molecular weight excluding hydrogens is 195 g/mol. The van der Waals surface area contributed by atoms with Crippen molar-refractivity contribution in [3.63, 3.8) is 0 Å². The van der Waals surface area contributed by atoms with Gasteiger partial charge in [-0.3, -0.25) is 4.79 Å². The van der Waals surface area contributed by atoms with E-state index in [2.05, 4.69) is 4.74 Å². The molecule has 0 heterocycles. The van der Waals surface area contributed by atoms with Crippen LogP contribution in [0.2, 0.25) is 0 Å². The topological polar surface area (TPSA) is 26.3 Å². The lowest BCUT2D eigenvalue weighted by molar-refractivity contribution is -0.140. The van der Waals surface area contributed by atoms with E-state index in [-0.39, 0.29) is 5.56 Å². The third-order valence-corrected chi connectivity index (χ3v) is 2.00. The fraction of sp³-hybridized carbons (Fsp3) is 0.222. The molecule has 0 aliphatic carbocycles. The molecule has 0 aliphatic rings. The van der Waals surface area contributed by atoms with E-state index in [0.29, 0.717) is 0 Å². The molecule has 0 amide bonds. The SMILES string of the molecule is COC(=O)[C@@H](Cl)c1ccccc1F. The van der Waals surface area contributed by atoms with E-state index in [1.165, 1.54) is 25.3 Å². The first-order valence-corrected chi connectivity index (χ1v) is 4.06. The van der Waals surface area contributed by atoms with E-state index in [9.17, 15) is 9.18 Å². The van der Waals surface area contributed by atoms with E-state index >= 15 is 0 Å². The minimum atomic E-state index is -1.08. The highest BCUT2D eigenvalue weighted by atomic mass is 35.5. The van der Waals surface area contributed by atoms with Gasteiger partial charge < -0.3 is 4.74 Å². The lowest BCUT2D eigenvalue weighted by Gasteiger charge is -2.07. The zero-order valence-electron chi connectivity index (χ0n) is 6.96. The van der Waals surface area contributed by atoms with Crippen LogP contribution in [0.15, 0.2) is 24.3 Å². The van der Waals surface area contributed by atoms with Crippen LogP contribution in [0.25, 0.3) is 0 Å². The van der Waals surface area contributed by atoms with Crippen molar-refractivity contribution < 1.29 is 13.9 Å². The molecule has 0 N–H and O–H groups in total. The summed E-state index contributed by atoms with van der Waals surface area (Å²) in [6, 6.07) is 5.83. The number of carbonyl (C=O) groups excluding carboxylic acids is 1. The highest BCUT2D eigenvalue weighted by Gasteiger charge is 2.20. The number of ether oxygens (including phenoxy) is 1.